The summed E-state index contributed by atoms with van der Waals surface area (Å²) in [4.78, 5) is 17.2. The summed E-state index contributed by atoms with van der Waals surface area (Å²) in [7, 11) is 0. The number of benzene rings is 2. The second kappa shape index (κ2) is 7.86. The standard InChI is InChI=1S/C20H14F4N4OS/c21-15-3-1-2-13(10-15)17-26-19-28(27-17)16(11-30-19)8-9-25-18(29)12-4-6-14(7-5-12)20(22,23)24/h1-7,10-11H,8-9H2,(H,25,29). The maximum atomic E-state index is 13.4. The summed E-state index contributed by atoms with van der Waals surface area (Å²) in [5, 5.41) is 8.94. The molecule has 0 radical (unpaired) electrons. The van der Waals surface area contributed by atoms with E-state index in [0.29, 0.717) is 22.8 Å². The summed E-state index contributed by atoms with van der Waals surface area (Å²) in [6.07, 6.45) is -4.00. The van der Waals surface area contributed by atoms with Crippen LogP contribution in [0.3, 0.4) is 0 Å². The molecule has 1 N–H and O–H groups in total. The van der Waals surface area contributed by atoms with E-state index in [4.69, 9.17) is 0 Å². The van der Waals surface area contributed by atoms with Gasteiger partial charge in [0.1, 0.15) is 5.82 Å². The number of fused-ring (bicyclic) bond motifs is 1. The first-order chi connectivity index (χ1) is 14.3. The van der Waals surface area contributed by atoms with Gasteiger partial charge in [-0.05, 0) is 36.4 Å². The fourth-order valence-corrected chi connectivity index (χ4v) is 3.72. The number of alkyl halides is 3. The fourth-order valence-electron chi connectivity index (χ4n) is 2.86. The summed E-state index contributed by atoms with van der Waals surface area (Å²) in [5.41, 5.74) is 0.706. The SMILES string of the molecule is O=C(NCCc1csc2nc(-c3cccc(F)c3)nn12)c1ccc(C(F)(F)F)cc1. The van der Waals surface area contributed by atoms with Gasteiger partial charge in [0.2, 0.25) is 4.96 Å². The van der Waals surface area contributed by atoms with E-state index in [9.17, 15) is 22.4 Å². The molecule has 0 aliphatic rings. The quantitative estimate of drug-likeness (QED) is 0.468. The van der Waals surface area contributed by atoms with Crippen molar-refractivity contribution >= 4 is 22.2 Å². The van der Waals surface area contributed by atoms with Gasteiger partial charge in [0, 0.05) is 29.5 Å². The molecule has 0 spiro atoms. The smallest absolute Gasteiger partial charge is 0.352 e. The number of rotatable bonds is 5. The molecule has 2 heterocycles. The summed E-state index contributed by atoms with van der Waals surface area (Å²) in [6, 6.07) is 10.0. The van der Waals surface area contributed by atoms with Gasteiger partial charge < -0.3 is 5.32 Å². The van der Waals surface area contributed by atoms with E-state index >= 15 is 0 Å². The van der Waals surface area contributed by atoms with Gasteiger partial charge in [0.05, 0.1) is 11.3 Å². The molecule has 10 heteroatoms. The van der Waals surface area contributed by atoms with Gasteiger partial charge in [0.15, 0.2) is 5.82 Å². The van der Waals surface area contributed by atoms with Crippen LogP contribution < -0.4 is 5.32 Å². The van der Waals surface area contributed by atoms with Crippen molar-refractivity contribution < 1.29 is 22.4 Å². The predicted octanol–water partition coefficient (Wildman–Crippen LogP) is 4.59. The van der Waals surface area contributed by atoms with Gasteiger partial charge in [-0.2, -0.15) is 18.2 Å². The highest BCUT2D eigenvalue weighted by molar-refractivity contribution is 7.15. The molecule has 0 unspecified atom stereocenters. The molecule has 0 saturated carbocycles. The molecule has 4 rings (SSSR count). The first kappa shape index (κ1) is 20.0. The van der Waals surface area contributed by atoms with Crippen LogP contribution in [0.25, 0.3) is 16.3 Å². The lowest BCUT2D eigenvalue weighted by atomic mass is 10.1. The predicted molar refractivity (Wildman–Crippen MR) is 104 cm³/mol. The second-order valence-corrected chi connectivity index (χ2v) is 7.28. The van der Waals surface area contributed by atoms with Crippen molar-refractivity contribution in [1.29, 1.82) is 0 Å². The maximum Gasteiger partial charge on any atom is 0.416 e. The van der Waals surface area contributed by atoms with E-state index in [1.807, 2.05) is 5.38 Å². The third kappa shape index (κ3) is 4.18. The molecule has 0 aliphatic carbocycles. The van der Waals surface area contributed by atoms with Crippen LogP contribution in [0.5, 0.6) is 0 Å². The zero-order valence-corrected chi connectivity index (χ0v) is 16.1. The zero-order chi connectivity index (χ0) is 21.3. The molecule has 0 aliphatic heterocycles. The molecule has 1 amide bonds. The molecule has 0 fully saturated rings. The minimum absolute atomic E-state index is 0.146. The Bertz CT molecular complexity index is 1200. The van der Waals surface area contributed by atoms with E-state index in [2.05, 4.69) is 15.4 Å². The second-order valence-electron chi connectivity index (χ2n) is 6.45. The summed E-state index contributed by atoms with van der Waals surface area (Å²) in [6.45, 7) is 0.265. The number of amides is 1. The molecule has 30 heavy (non-hydrogen) atoms. The van der Waals surface area contributed by atoms with Crippen molar-refractivity contribution in [3.63, 3.8) is 0 Å². The monoisotopic (exact) mass is 434 g/mol. The number of nitrogens with one attached hydrogen (secondary N) is 1. The van der Waals surface area contributed by atoms with E-state index < -0.39 is 17.6 Å². The Morgan fingerprint density at radius 3 is 2.60 bits per heavy atom. The molecule has 4 aromatic rings. The number of aromatic nitrogens is 3. The zero-order valence-electron chi connectivity index (χ0n) is 15.3. The van der Waals surface area contributed by atoms with Crippen LogP contribution in [0.1, 0.15) is 21.6 Å². The number of halogens is 4. The van der Waals surface area contributed by atoms with Crippen molar-refractivity contribution in [1.82, 2.24) is 19.9 Å². The van der Waals surface area contributed by atoms with Crippen molar-refractivity contribution in [3.05, 3.63) is 76.5 Å². The molecule has 5 nitrogen and oxygen atoms in total. The Morgan fingerprint density at radius 2 is 1.90 bits per heavy atom. The number of hydrogen-bond donors (Lipinski definition) is 1. The highest BCUT2D eigenvalue weighted by atomic mass is 32.1. The van der Waals surface area contributed by atoms with Crippen LogP contribution in [-0.4, -0.2) is 27.0 Å². The van der Waals surface area contributed by atoms with Gasteiger partial charge in [-0.3, -0.25) is 4.79 Å². The number of carbonyl (C=O) groups excluding carboxylic acids is 1. The molecular formula is C20H14F4N4OS. The van der Waals surface area contributed by atoms with Crippen LogP contribution in [0, 0.1) is 5.82 Å². The molecule has 0 atom stereocenters. The Morgan fingerprint density at radius 1 is 1.13 bits per heavy atom. The van der Waals surface area contributed by atoms with Gasteiger partial charge in [-0.1, -0.05) is 12.1 Å². The van der Waals surface area contributed by atoms with E-state index in [1.165, 1.54) is 23.5 Å². The molecular weight excluding hydrogens is 420 g/mol. The molecule has 0 saturated heterocycles. The molecule has 2 aromatic carbocycles. The number of carbonyl (C=O) groups is 1. The van der Waals surface area contributed by atoms with Crippen LogP contribution in [0.15, 0.2) is 53.9 Å². The van der Waals surface area contributed by atoms with Gasteiger partial charge in [0.25, 0.3) is 5.91 Å². The highest BCUT2D eigenvalue weighted by Crippen LogP contribution is 2.29. The van der Waals surface area contributed by atoms with Crippen LogP contribution in [0.4, 0.5) is 17.6 Å². The summed E-state index contributed by atoms with van der Waals surface area (Å²) < 4.78 is 52.9. The van der Waals surface area contributed by atoms with Crippen molar-refractivity contribution in [2.24, 2.45) is 0 Å². The average Bonchev–Trinajstić information content (AvgIpc) is 3.29. The highest BCUT2D eigenvalue weighted by Gasteiger charge is 2.30. The van der Waals surface area contributed by atoms with E-state index in [-0.39, 0.29) is 17.9 Å². The Hall–Kier alpha value is -3.27. The molecule has 2 aromatic heterocycles. The first-order valence-corrected chi connectivity index (χ1v) is 9.74. The number of hydrogen-bond acceptors (Lipinski definition) is 4. The molecule has 154 valence electrons. The number of thiazole rings is 1. The third-order valence-corrected chi connectivity index (χ3v) is 5.24. The Kier molecular flexibility index (Phi) is 5.25. The largest absolute Gasteiger partial charge is 0.416 e. The minimum atomic E-state index is -4.44. The summed E-state index contributed by atoms with van der Waals surface area (Å²) >= 11 is 1.37. The van der Waals surface area contributed by atoms with Crippen molar-refractivity contribution in [3.8, 4) is 11.4 Å². The normalized spacial score (nSPS) is 11.7. The van der Waals surface area contributed by atoms with Gasteiger partial charge in [-0.15, -0.1) is 16.4 Å². The lowest BCUT2D eigenvalue weighted by Crippen LogP contribution is -2.26. The minimum Gasteiger partial charge on any atom is -0.352 e. The van der Waals surface area contributed by atoms with Crippen molar-refractivity contribution in [2.45, 2.75) is 12.6 Å². The fraction of sp³-hybridized carbons (Fsp3) is 0.150. The van der Waals surface area contributed by atoms with Crippen LogP contribution in [-0.2, 0) is 12.6 Å². The van der Waals surface area contributed by atoms with Crippen LogP contribution in [0.2, 0.25) is 0 Å². The van der Waals surface area contributed by atoms with Crippen molar-refractivity contribution in [2.75, 3.05) is 6.54 Å². The maximum absolute atomic E-state index is 13.4. The average molecular weight is 434 g/mol. The van der Waals surface area contributed by atoms with E-state index in [1.54, 1.807) is 16.6 Å². The lowest BCUT2D eigenvalue weighted by molar-refractivity contribution is -0.137. The Balaban J connectivity index is 1.41. The summed E-state index contributed by atoms with van der Waals surface area (Å²) in [5.74, 6) is -0.442. The van der Waals surface area contributed by atoms with Gasteiger partial charge in [-0.25, -0.2) is 8.91 Å². The lowest BCUT2D eigenvalue weighted by Gasteiger charge is -2.08. The van der Waals surface area contributed by atoms with Crippen LogP contribution >= 0.6 is 11.3 Å². The topological polar surface area (TPSA) is 59.3 Å². The first-order valence-electron chi connectivity index (χ1n) is 8.86. The Labute approximate surface area is 172 Å². The number of nitrogens with zero attached hydrogens (tertiary/aromatic N) is 3. The van der Waals surface area contributed by atoms with E-state index in [0.717, 1.165) is 30.0 Å². The van der Waals surface area contributed by atoms with Gasteiger partial charge >= 0.3 is 6.18 Å². The molecule has 0 bridgehead atoms. The third-order valence-electron chi connectivity index (χ3n) is 4.37.